The number of halogens is 2. The van der Waals surface area contributed by atoms with Crippen LogP contribution >= 0.6 is 15.9 Å². The van der Waals surface area contributed by atoms with Crippen molar-refractivity contribution in [2.75, 3.05) is 27.7 Å². The van der Waals surface area contributed by atoms with Crippen LogP contribution in [0.1, 0.15) is 56.2 Å². The smallest absolute Gasteiger partial charge is 0.303 e. The molecule has 2 saturated carbocycles. The van der Waals surface area contributed by atoms with E-state index < -0.39 is 57.2 Å². The fraction of sp³-hybridized carbons (Fsp3) is 0.545. The molecule has 0 radical (unpaired) electrons. The van der Waals surface area contributed by atoms with Crippen molar-refractivity contribution < 1.29 is 31.9 Å². The summed E-state index contributed by atoms with van der Waals surface area (Å²) in [4.78, 5) is 52.4. The van der Waals surface area contributed by atoms with Gasteiger partial charge >= 0.3 is 10.2 Å². The third-order valence-electron chi connectivity index (χ3n) is 9.84. The van der Waals surface area contributed by atoms with Crippen LogP contribution in [0.3, 0.4) is 0 Å². The van der Waals surface area contributed by atoms with Gasteiger partial charge in [0.1, 0.15) is 17.5 Å². The quantitative estimate of drug-likeness (QED) is 0.428. The van der Waals surface area contributed by atoms with Crippen molar-refractivity contribution in [1.29, 1.82) is 0 Å². The molecule has 5 atom stereocenters. The number of hydrogen-bond acceptors (Lipinski definition) is 8. The highest BCUT2D eigenvalue weighted by Crippen LogP contribution is 2.47. The Morgan fingerprint density at radius 3 is 2.69 bits per heavy atom. The number of carbonyl (C=O) groups excluding carboxylic acids is 3. The summed E-state index contributed by atoms with van der Waals surface area (Å²) in [6, 6.07) is 4.55. The second-order valence-corrected chi connectivity index (χ2v) is 16.2. The van der Waals surface area contributed by atoms with E-state index in [0.29, 0.717) is 29.7 Å². The van der Waals surface area contributed by atoms with Crippen molar-refractivity contribution in [2.24, 2.45) is 17.8 Å². The van der Waals surface area contributed by atoms with Gasteiger partial charge in [0, 0.05) is 43.6 Å². The molecule has 15 heteroatoms. The zero-order valence-electron chi connectivity index (χ0n) is 27.2. The van der Waals surface area contributed by atoms with E-state index in [2.05, 4.69) is 35.9 Å². The highest BCUT2D eigenvalue weighted by atomic mass is 79.9. The van der Waals surface area contributed by atoms with Crippen molar-refractivity contribution in [1.82, 2.24) is 29.2 Å². The highest BCUT2D eigenvalue weighted by molar-refractivity contribution is 9.10. The van der Waals surface area contributed by atoms with Crippen LogP contribution in [0.25, 0.3) is 11.4 Å². The summed E-state index contributed by atoms with van der Waals surface area (Å²) in [7, 11) is 0.227. The summed E-state index contributed by atoms with van der Waals surface area (Å²) >= 11 is 3.39. The van der Waals surface area contributed by atoms with Gasteiger partial charge in [-0.15, -0.1) is 0 Å². The topological polar surface area (TPSA) is 151 Å². The van der Waals surface area contributed by atoms with E-state index in [-0.39, 0.29) is 36.6 Å². The molecule has 0 spiro atoms. The Morgan fingerprint density at radius 1 is 1.15 bits per heavy atom. The molecule has 2 N–H and O–H groups in total. The van der Waals surface area contributed by atoms with E-state index in [1.54, 1.807) is 24.1 Å². The first kappa shape index (κ1) is 34.4. The zero-order valence-corrected chi connectivity index (χ0v) is 29.6. The predicted molar refractivity (Wildman–Crippen MR) is 178 cm³/mol. The van der Waals surface area contributed by atoms with Crippen LogP contribution in [0, 0.1) is 23.6 Å². The second kappa shape index (κ2) is 13.5. The first-order valence-corrected chi connectivity index (χ1v) is 18.5. The molecule has 4 aliphatic rings. The number of nitrogens with one attached hydrogen (secondary N) is 2. The van der Waals surface area contributed by atoms with Crippen LogP contribution in [0.4, 0.5) is 4.39 Å². The Labute approximate surface area is 288 Å². The first-order chi connectivity index (χ1) is 22.8. The highest BCUT2D eigenvalue weighted by Gasteiger charge is 2.62. The second-order valence-electron chi connectivity index (χ2n) is 13.4. The van der Waals surface area contributed by atoms with Gasteiger partial charge in [0.05, 0.1) is 23.1 Å². The lowest BCUT2D eigenvalue weighted by Gasteiger charge is -2.27. The normalized spacial score (nSPS) is 28.2. The van der Waals surface area contributed by atoms with Crippen LogP contribution in [0.2, 0.25) is 0 Å². The number of allylic oxidation sites excluding steroid dienone is 1. The molecule has 258 valence electrons. The molecule has 2 fully saturated rings. The molecule has 3 aliphatic carbocycles. The van der Waals surface area contributed by atoms with Gasteiger partial charge in [-0.25, -0.2) is 14.1 Å². The number of amides is 3. The average molecular weight is 748 g/mol. The van der Waals surface area contributed by atoms with Crippen LogP contribution in [-0.4, -0.2) is 84.6 Å². The van der Waals surface area contributed by atoms with Crippen molar-refractivity contribution in [2.45, 2.75) is 69.4 Å². The number of benzene rings is 1. The summed E-state index contributed by atoms with van der Waals surface area (Å²) in [5, 5.41) is 2.87. The molecular weight excluding hydrogens is 707 g/mol. The van der Waals surface area contributed by atoms with Crippen LogP contribution in [-0.2, 0) is 37.4 Å². The Morgan fingerprint density at radius 2 is 1.92 bits per heavy atom. The number of carbonyl (C=O) groups is 3. The van der Waals surface area contributed by atoms with E-state index in [1.165, 1.54) is 20.2 Å². The fourth-order valence-electron chi connectivity index (χ4n) is 6.95. The Bertz CT molecular complexity index is 1770. The summed E-state index contributed by atoms with van der Waals surface area (Å²) < 4.78 is 50.2. The van der Waals surface area contributed by atoms with Gasteiger partial charge in [-0.3, -0.25) is 14.4 Å². The summed E-state index contributed by atoms with van der Waals surface area (Å²) in [6.45, 7) is 0.530. The SMILES string of the molecule is CN1CCCC/C=C\C2CC2(C(=O)NS(=O)(=O)N(C)C)NC(=O)C2CC(Oc3nc(-c4cc(Br)ccc4F)nc4c3CCC4)CC2C1=O. The number of nitrogens with zero attached hydrogens (tertiary/aromatic N) is 4. The minimum absolute atomic E-state index is 0.170. The summed E-state index contributed by atoms with van der Waals surface area (Å²) in [5.41, 5.74) is 0.390. The standard InChI is InChI=1S/C33H40BrFN6O6S/c1-40(2)48(45,46)39-32(44)33-18-19(33)9-6-4-5-7-14-41(3)31(43)24-17-21(16-23(24)29(42)38-33)47-30-22-10-8-11-27(22)36-28(37-30)25-15-20(34)12-13-26(25)35/h6,9,12-13,15,19,21,23-24H,4-5,7-8,10-11,14,16-18H2,1-3H3,(H,38,42)(H,39,44)/b9-6-. The molecule has 2 aromatic rings. The number of fused-ring (bicyclic) bond motifs is 3. The maximum absolute atomic E-state index is 14.9. The largest absolute Gasteiger partial charge is 0.474 e. The lowest BCUT2D eigenvalue weighted by molar-refractivity contribution is -0.140. The third-order valence-corrected chi connectivity index (χ3v) is 11.7. The van der Waals surface area contributed by atoms with Gasteiger partial charge in [-0.2, -0.15) is 17.7 Å². The Kier molecular flexibility index (Phi) is 9.66. The molecule has 1 aliphatic heterocycles. The Hall–Kier alpha value is -3.43. The average Bonchev–Trinajstić information content (AvgIpc) is 3.33. The number of hydrogen-bond donors (Lipinski definition) is 2. The molecule has 12 nitrogen and oxygen atoms in total. The minimum Gasteiger partial charge on any atom is -0.474 e. The monoisotopic (exact) mass is 746 g/mol. The lowest BCUT2D eigenvalue weighted by Crippen LogP contribution is -2.55. The maximum Gasteiger partial charge on any atom is 0.303 e. The Balaban J connectivity index is 1.30. The molecule has 48 heavy (non-hydrogen) atoms. The molecular formula is C33H40BrFN6O6S. The molecule has 0 bridgehead atoms. The van der Waals surface area contributed by atoms with E-state index in [9.17, 15) is 27.2 Å². The van der Waals surface area contributed by atoms with Crippen molar-refractivity contribution in [3.8, 4) is 17.3 Å². The fourth-order valence-corrected chi connectivity index (χ4v) is 7.91. The molecule has 1 aromatic carbocycles. The van der Waals surface area contributed by atoms with E-state index in [1.807, 2.05) is 12.2 Å². The van der Waals surface area contributed by atoms with Crippen molar-refractivity contribution in [3.63, 3.8) is 0 Å². The number of rotatable bonds is 6. The first-order valence-electron chi connectivity index (χ1n) is 16.3. The summed E-state index contributed by atoms with van der Waals surface area (Å²) in [6.07, 6.45) is 8.39. The van der Waals surface area contributed by atoms with Crippen LogP contribution in [0.15, 0.2) is 34.8 Å². The van der Waals surface area contributed by atoms with Crippen LogP contribution in [0.5, 0.6) is 5.88 Å². The number of ether oxygens (including phenoxy) is 1. The van der Waals surface area contributed by atoms with E-state index in [0.717, 1.165) is 41.2 Å². The molecule has 2 heterocycles. The van der Waals surface area contributed by atoms with Crippen molar-refractivity contribution in [3.05, 3.63) is 51.9 Å². The van der Waals surface area contributed by atoms with Gasteiger partial charge in [0.2, 0.25) is 17.7 Å². The van der Waals surface area contributed by atoms with Crippen LogP contribution < -0.4 is 14.8 Å². The zero-order chi connectivity index (χ0) is 34.4. The molecule has 3 amide bonds. The molecule has 0 saturated heterocycles. The van der Waals surface area contributed by atoms with Crippen molar-refractivity contribution >= 4 is 43.9 Å². The minimum atomic E-state index is -4.11. The van der Waals surface area contributed by atoms with Gasteiger partial charge in [0.25, 0.3) is 5.91 Å². The predicted octanol–water partition coefficient (Wildman–Crippen LogP) is 3.30. The van der Waals surface area contributed by atoms with Gasteiger partial charge in [-0.05, 0) is 76.0 Å². The lowest BCUT2D eigenvalue weighted by atomic mass is 9.93. The molecule has 1 aromatic heterocycles. The molecule has 5 unspecified atom stereocenters. The number of aryl methyl sites for hydroxylation is 1. The van der Waals surface area contributed by atoms with Gasteiger partial charge in [-0.1, -0.05) is 28.1 Å². The summed E-state index contributed by atoms with van der Waals surface area (Å²) in [5.74, 6) is -3.45. The molecule has 6 rings (SSSR count). The van der Waals surface area contributed by atoms with E-state index in [4.69, 9.17) is 4.74 Å². The van der Waals surface area contributed by atoms with Gasteiger partial charge < -0.3 is 15.0 Å². The number of aromatic nitrogens is 2. The third kappa shape index (κ3) is 6.86. The van der Waals surface area contributed by atoms with E-state index >= 15 is 0 Å². The van der Waals surface area contributed by atoms with Gasteiger partial charge in [0.15, 0.2) is 5.82 Å². The maximum atomic E-state index is 14.9.